The zero-order chi connectivity index (χ0) is 12.1. The lowest BCUT2D eigenvalue weighted by Crippen LogP contribution is -2.26. The molecule has 92 valence electrons. The molecule has 0 bridgehead atoms. The molecule has 0 aliphatic heterocycles. The van der Waals surface area contributed by atoms with E-state index in [9.17, 15) is 0 Å². The van der Waals surface area contributed by atoms with E-state index < -0.39 is 0 Å². The van der Waals surface area contributed by atoms with Crippen molar-refractivity contribution in [3.05, 3.63) is 0 Å². The van der Waals surface area contributed by atoms with Crippen LogP contribution >= 0.6 is 0 Å². The van der Waals surface area contributed by atoms with E-state index in [4.69, 9.17) is 0 Å². The Bertz CT molecular complexity index is 161. The summed E-state index contributed by atoms with van der Waals surface area (Å²) in [6.07, 6.45) is 2.64. The molecule has 0 heterocycles. The molecule has 0 fully saturated rings. The number of hydrogen-bond donors (Lipinski definition) is 1. The molecule has 1 nitrogen and oxygen atoms in total. The third kappa shape index (κ3) is 5.55. The van der Waals surface area contributed by atoms with E-state index in [0.717, 1.165) is 24.3 Å². The Hall–Kier alpha value is -0.0400. The molecule has 0 spiro atoms. The quantitative estimate of drug-likeness (QED) is 0.675. The van der Waals surface area contributed by atoms with Crippen molar-refractivity contribution in [2.45, 2.75) is 54.4 Å². The van der Waals surface area contributed by atoms with Gasteiger partial charge in [-0.25, -0.2) is 0 Å². The van der Waals surface area contributed by atoms with Crippen LogP contribution in [0.1, 0.15) is 54.4 Å². The Kier molecular flexibility index (Phi) is 6.51. The van der Waals surface area contributed by atoms with Gasteiger partial charge in [0, 0.05) is 0 Å². The van der Waals surface area contributed by atoms with Crippen molar-refractivity contribution in [1.82, 2.24) is 5.32 Å². The maximum absolute atomic E-state index is 3.24. The van der Waals surface area contributed by atoms with Crippen molar-refractivity contribution < 1.29 is 0 Å². The highest BCUT2D eigenvalue weighted by atomic mass is 14.8. The first-order valence-electron chi connectivity index (χ1n) is 6.46. The fourth-order valence-electron chi connectivity index (χ4n) is 1.92. The summed E-state index contributed by atoms with van der Waals surface area (Å²) in [5.74, 6) is 2.43. The first-order valence-corrected chi connectivity index (χ1v) is 6.46. The van der Waals surface area contributed by atoms with E-state index >= 15 is 0 Å². The van der Waals surface area contributed by atoms with E-state index in [1.54, 1.807) is 0 Å². The highest BCUT2D eigenvalue weighted by molar-refractivity contribution is 4.77. The van der Waals surface area contributed by atoms with Gasteiger partial charge in [-0.15, -0.1) is 0 Å². The van der Waals surface area contributed by atoms with E-state index in [1.807, 2.05) is 7.05 Å². The SMILES string of the molecule is CNCCC(C)C(C)CC(C)(C)C(C)C. The molecule has 0 rings (SSSR count). The number of nitrogens with one attached hydrogen (secondary N) is 1. The lowest BCUT2D eigenvalue weighted by molar-refractivity contribution is 0.164. The first-order chi connectivity index (χ1) is 6.81. The molecular weight excluding hydrogens is 182 g/mol. The van der Waals surface area contributed by atoms with Crippen LogP contribution in [0.25, 0.3) is 0 Å². The van der Waals surface area contributed by atoms with Crippen LogP contribution in [0, 0.1) is 23.2 Å². The molecule has 0 aromatic carbocycles. The van der Waals surface area contributed by atoms with Gasteiger partial charge in [-0.2, -0.15) is 0 Å². The molecule has 0 saturated heterocycles. The molecule has 1 N–H and O–H groups in total. The Morgan fingerprint density at radius 1 is 1.00 bits per heavy atom. The summed E-state index contributed by atoms with van der Waals surface area (Å²) in [5, 5.41) is 3.24. The van der Waals surface area contributed by atoms with Crippen LogP contribution in [0.4, 0.5) is 0 Å². The summed E-state index contributed by atoms with van der Waals surface area (Å²) in [7, 11) is 2.04. The van der Waals surface area contributed by atoms with Crippen molar-refractivity contribution in [3.8, 4) is 0 Å². The van der Waals surface area contributed by atoms with Gasteiger partial charge < -0.3 is 5.32 Å². The van der Waals surface area contributed by atoms with Crippen molar-refractivity contribution in [2.24, 2.45) is 23.2 Å². The molecule has 0 aromatic heterocycles. The summed E-state index contributed by atoms with van der Waals surface area (Å²) < 4.78 is 0. The zero-order valence-corrected chi connectivity index (χ0v) is 11.9. The minimum absolute atomic E-state index is 0.479. The fraction of sp³-hybridized carbons (Fsp3) is 1.00. The van der Waals surface area contributed by atoms with Gasteiger partial charge in [0.05, 0.1) is 0 Å². The van der Waals surface area contributed by atoms with E-state index in [-0.39, 0.29) is 0 Å². The molecule has 0 radical (unpaired) electrons. The highest BCUT2D eigenvalue weighted by Crippen LogP contribution is 2.36. The van der Waals surface area contributed by atoms with Crippen molar-refractivity contribution >= 4 is 0 Å². The van der Waals surface area contributed by atoms with E-state index in [1.165, 1.54) is 12.8 Å². The van der Waals surface area contributed by atoms with Crippen LogP contribution in [0.15, 0.2) is 0 Å². The normalized spacial score (nSPS) is 16.8. The molecule has 0 aliphatic carbocycles. The molecule has 0 saturated carbocycles. The first kappa shape index (κ1) is 15.0. The van der Waals surface area contributed by atoms with Gasteiger partial charge in [-0.1, -0.05) is 41.5 Å². The summed E-state index contributed by atoms with van der Waals surface area (Å²) in [6.45, 7) is 15.4. The van der Waals surface area contributed by atoms with Gasteiger partial charge in [0.25, 0.3) is 0 Å². The second-order valence-corrected chi connectivity index (χ2v) is 6.19. The van der Waals surface area contributed by atoms with Gasteiger partial charge in [0.1, 0.15) is 0 Å². The van der Waals surface area contributed by atoms with Crippen molar-refractivity contribution in [2.75, 3.05) is 13.6 Å². The van der Waals surface area contributed by atoms with Crippen molar-refractivity contribution in [3.63, 3.8) is 0 Å². The van der Waals surface area contributed by atoms with Gasteiger partial charge >= 0.3 is 0 Å². The Labute approximate surface area is 97.0 Å². The summed E-state index contributed by atoms with van der Waals surface area (Å²) in [6, 6.07) is 0. The van der Waals surface area contributed by atoms with Crippen LogP contribution < -0.4 is 5.32 Å². The van der Waals surface area contributed by atoms with Crippen LogP contribution in [-0.4, -0.2) is 13.6 Å². The standard InChI is InChI=1S/C14H31N/c1-11(2)14(5,6)10-13(4)12(3)8-9-15-7/h11-13,15H,8-10H2,1-7H3. The van der Waals surface area contributed by atoms with E-state index in [2.05, 4.69) is 46.9 Å². The average molecular weight is 213 g/mol. The third-order valence-electron chi connectivity index (χ3n) is 4.23. The second kappa shape index (κ2) is 6.52. The second-order valence-electron chi connectivity index (χ2n) is 6.19. The Morgan fingerprint density at radius 3 is 1.93 bits per heavy atom. The predicted octanol–water partition coefficient (Wildman–Crippen LogP) is 3.94. The van der Waals surface area contributed by atoms with Gasteiger partial charge in [0.15, 0.2) is 0 Å². The monoisotopic (exact) mass is 213 g/mol. The maximum Gasteiger partial charge on any atom is -0.00493 e. The number of rotatable bonds is 7. The number of hydrogen-bond acceptors (Lipinski definition) is 1. The van der Waals surface area contributed by atoms with Gasteiger partial charge in [-0.05, 0) is 49.6 Å². The topological polar surface area (TPSA) is 12.0 Å². The highest BCUT2D eigenvalue weighted by Gasteiger charge is 2.26. The molecule has 15 heavy (non-hydrogen) atoms. The summed E-state index contributed by atoms with van der Waals surface area (Å²) in [4.78, 5) is 0. The average Bonchev–Trinajstić information content (AvgIpc) is 2.13. The van der Waals surface area contributed by atoms with Gasteiger partial charge in [0.2, 0.25) is 0 Å². The van der Waals surface area contributed by atoms with Gasteiger partial charge in [-0.3, -0.25) is 0 Å². The zero-order valence-electron chi connectivity index (χ0n) is 11.9. The Balaban J connectivity index is 4.05. The minimum atomic E-state index is 0.479. The third-order valence-corrected chi connectivity index (χ3v) is 4.23. The molecule has 1 heteroatoms. The molecule has 2 atom stereocenters. The predicted molar refractivity (Wildman–Crippen MR) is 70.1 cm³/mol. The molecule has 0 aliphatic rings. The van der Waals surface area contributed by atoms with Crippen LogP contribution in [0.3, 0.4) is 0 Å². The smallest absolute Gasteiger partial charge is 0.00493 e. The van der Waals surface area contributed by atoms with E-state index in [0.29, 0.717) is 5.41 Å². The Morgan fingerprint density at radius 2 is 1.53 bits per heavy atom. The molecule has 0 amide bonds. The summed E-state index contributed by atoms with van der Waals surface area (Å²) in [5.41, 5.74) is 0.479. The van der Waals surface area contributed by atoms with Crippen LogP contribution in [0.5, 0.6) is 0 Å². The maximum atomic E-state index is 3.24. The lowest BCUT2D eigenvalue weighted by atomic mass is 9.72. The van der Waals surface area contributed by atoms with Crippen LogP contribution in [0.2, 0.25) is 0 Å². The molecule has 0 aromatic rings. The van der Waals surface area contributed by atoms with Crippen molar-refractivity contribution in [1.29, 1.82) is 0 Å². The summed E-state index contributed by atoms with van der Waals surface area (Å²) >= 11 is 0. The molecular formula is C14H31N. The largest absolute Gasteiger partial charge is 0.320 e. The minimum Gasteiger partial charge on any atom is -0.320 e. The lowest BCUT2D eigenvalue weighted by Gasteiger charge is -2.34. The fourth-order valence-corrected chi connectivity index (χ4v) is 1.92. The van der Waals surface area contributed by atoms with Crippen LogP contribution in [-0.2, 0) is 0 Å². The molecule has 2 unspecified atom stereocenters.